The number of hydrogen-bond acceptors (Lipinski definition) is 3. The molecule has 1 fully saturated rings. The normalized spacial score (nSPS) is 21.2. The molecule has 1 saturated heterocycles. The van der Waals surface area contributed by atoms with Gasteiger partial charge in [-0.3, -0.25) is 0 Å². The van der Waals surface area contributed by atoms with Gasteiger partial charge in [-0.25, -0.2) is 0 Å². The monoisotopic (exact) mass is 272 g/mol. The summed E-state index contributed by atoms with van der Waals surface area (Å²) >= 11 is 0. The van der Waals surface area contributed by atoms with Crippen LogP contribution < -0.4 is 4.74 Å². The Kier molecular flexibility index (Phi) is 3.30. The molecule has 20 heavy (non-hydrogen) atoms. The first-order chi connectivity index (χ1) is 9.53. The maximum Gasteiger partial charge on any atom is 0.161 e. The SMILES string of the molecule is CC1(C)CCC(COc2cc3ccccc3cc2O)O1. The average Bonchev–Trinajstić information content (AvgIpc) is 2.76. The van der Waals surface area contributed by atoms with Crippen molar-refractivity contribution in [3.05, 3.63) is 36.4 Å². The molecule has 3 nitrogen and oxygen atoms in total. The van der Waals surface area contributed by atoms with Crippen molar-refractivity contribution < 1.29 is 14.6 Å². The molecule has 3 rings (SSSR count). The second kappa shape index (κ2) is 4.98. The second-order valence-electron chi connectivity index (χ2n) is 6.02. The fourth-order valence-electron chi connectivity index (χ4n) is 2.70. The summed E-state index contributed by atoms with van der Waals surface area (Å²) in [6, 6.07) is 11.5. The lowest BCUT2D eigenvalue weighted by atomic mass is 10.1. The molecule has 2 aromatic carbocycles. The van der Waals surface area contributed by atoms with Crippen molar-refractivity contribution >= 4 is 10.8 Å². The van der Waals surface area contributed by atoms with Gasteiger partial charge in [-0.1, -0.05) is 24.3 Å². The van der Waals surface area contributed by atoms with E-state index in [2.05, 4.69) is 13.8 Å². The number of phenols is 1. The maximum atomic E-state index is 10.0. The smallest absolute Gasteiger partial charge is 0.161 e. The highest BCUT2D eigenvalue weighted by Crippen LogP contribution is 2.33. The summed E-state index contributed by atoms with van der Waals surface area (Å²) in [5, 5.41) is 12.1. The predicted molar refractivity (Wildman–Crippen MR) is 79.3 cm³/mol. The third kappa shape index (κ3) is 2.73. The molecule has 0 amide bonds. The Morgan fingerprint density at radius 1 is 1.25 bits per heavy atom. The lowest BCUT2D eigenvalue weighted by Crippen LogP contribution is -2.23. The number of aromatic hydroxyl groups is 1. The zero-order valence-corrected chi connectivity index (χ0v) is 11.9. The Morgan fingerprint density at radius 3 is 2.60 bits per heavy atom. The third-order valence-electron chi connectivity index (χ3n) is 3.81. The van der Waals surface area contributed by atoms with E-state index < -0.39 is 0 Å². The van der Waals surface area contributed by atoms with Crippen LogP contribution in [-0.2, 0) is 4.74 Å². The minimum Gasteiger partial charge on any atom is -0.504 e. The van der Waals surface area contributed by atoms with Crippen LogP contribution in [0.5, 0.6) is 11.5 Å². The summed E-state index contributed by atoms with van der Waals surface area (Å²) in [6.07, 6.45) is 2.15. The summed E-state index contributed by atoms with van der Waals surface area (Å²) in [7, 11) is 0. The van der Waals surface area contributed by atoms with Crippen molar-refractivity contribution in [2.24, 2.45) is 0 Å². The van der Waals surface area contributed by atoms with Gasteiger partial charge in [0.1, 0.15) is 6.61 Å². The topological polar surface area (TPSA) is 38.7 Å². The van der Waals surface area contributed by atoms with E-state index in [1.807, 2.05) is 30.3 Å². The van der Waals surface area contributed by atoms with E-state index in [0.717, 1.165) is 23.6 Å². The molecule has 0 saturated carbocycles. The van der Waals surface area contributed by atoms with Gasteiger partial charge in [-0.15, -0.1) is 0 Å². The van der Waals surface area contributed by atoms with E-state index in [1.165, 1.54) is 0 Å². The van der Waals surface area contributed by atoms with Gasteiger partial charge in [0.25, 0.3) is 0 Å². The van der Waals surface area contributed by atoms with Gasteiger partial charge in [0.05, 0.1) is 11.7 Å². The van der Waals surface area contributed by atoms with Crippen LogP contribution in [0.1, 0.15) is 26.7 Å². The first kappa shape index (κ1) is 13.3. The molecular formula is C17H20O3. The number of fused-ring (bicyclic) bond motifs is 1. The number of benzene rings is 2. The molecule has 1 aliphatic rings. The quantitative estimate of drug-likeness (QED) is 0.921. The second-order valence-corrected chi connectivity index (χ2v) is 6.02. The first-order valence-corrected chi connectivity index (χ1v) is 7.06. The molecular weight excluding hydrogens is 252 g/mol. The van der Waals surface area contributed by atoms with Crippen LogP contribution in [0.2, 0.25) is 0 Å². The van der Waals surface area contributed by atoms with Crippen molar-refractivity contribution in [2.45, 2.75) is 38.4 Å². The molecule has 1 unspecified atom stereocenters. The van der Waals surface area contributed by atoms with Crippen molar-refractivity contribution in [3.8, 4) is 11.5 Å². The lowest BCUT2D eigenvalue weighted by Gasteiger charge is -2.19. The van der Waals surface area contributed by atoms with Crippen LogP contribution in [0, 0.1) is 0 Å². The standard InChI is InChI=1S/C17H20O3/c1-17(2)8-7-14(20-17)11-19-16-10-13-6-4-3-5-12(13)9-15(16)18/h3-6,9-10,14,18H,7-8,11H2,1-2H3. The highest BCUT2D eigenvalue weighted by atomic mass is 16.6. The fourth-order valence-corrected chi connectivity index (χ4v) is 2.70. The molecule has 106 valence electrons. The van der Waals surface area contributed by atoms with Gasteiger partial charge in [0.15, 0.2) is 11.5 Å². The van der Waals surface area contributed by atoms with Crippen molar-refractivity contribution in [1.82, 2.24) is 0 Å². The number of rotatable bonds is 3. The van der Waals surface area contributed by atoms with Crippen molar-refractivity contribution in [1.29, 1.82) is 0 Å². The van der Waals surface area contributed by atoms with E-state index in [9.17, 15) is 5.11 Å². The van der Waals surface area contributed by atoms with Crippen LogP contribution >= 0.6 is 0 Å². The minimum absolute atomic E-state index is 0.0561. The molecule has 0 bridgehead atoms. The summed E-state index contributed by atoms with van der Waals surface area (Å²) in [4.78, 5) is 0. The highest BCUT2D eigenvalue weighted by Gasteiger charge is 2.32. The van der Waals surface area contributed by atoms with Gasteiger partial charge in [0.2, 0.25) is 0 Å². The molecule has 1 aliphatic heterocycles. The van der Waals surface area contributed by atoms with Crippen LogP contribution in [-0.4, -0.2) is 23.4 Å². The molecule has 2 aromatic rings. The molecule has 0 radical (unpaired) electrons. The number of ether oxygens (including phenoxy) is 2. The minimum atomic E-state index is -0.0561. The van der Waals surface area contributed by atoms with Crippen molar-refractivity contribution in [2.75, 3.05) is 6.61 Å². The first-order valence-electron chi connectivity index (χ1n) is 7.06. The number of hydrogen-bond donors (Lipinski definition) is 1. The van der Waals surface area contributed by atoms with Crippen LogP contribution in [0.25, 0.3) is 10.8 Å². The zero-order valence-electron chi connectivity index (χ0n) is 11.9. The molecule has 0 spiro atoms. The van der Waals surface area contributed by atoms with E-state index in [1.54, 1.807) is 6.07 Å². The summed E-state index contributed by atoms with van der Waals surface area (Å²) in [5.41, 5.74) is -0.0561. The Labute approximate surface area is 119 Å². The lowest BCUT2D eigenvalue weighted by molar-refractivity contribution is -0.0328. The molecule has 0 aromatic heterocycles. The predicted octanol–water partition coefficient (Wildman–Crippen LogP) is 3.88. The number of phenolic OH excluding ortho intramolecular Hbond substituents is 1. The molecule has 1 heterocycles. The Bertz CT molecular complexity index is 619. The Morgan fingerprint density at radius 2 is 1.95 bits per heavy atom. The zero-order chi connectivity index (χ0) is 14.2. The Balaban J connectivity index is 1.73. The van der Waals surface area contributed by atoms with E-state index >= 15 is 0 Å². The van der Waals surface area contributed by atoms with Gasteiger partial charge >= 0.3 is 0 Å². The summed E-state index contributed by atoms with van der Waals surface area (Å²) in [6.45, 7) is 4.68. The van der Waals surface area contributed by atoms with Gasteiger partial charge in [-0.2, -0.15) is 0 Å². The van der Waals surface area contributed by atoms with Crippen LogP contribution in [0.3, 0.4) is 0 Å². The summed E-state index contributed by atoms with van der Waals surface area (Å²) < 4.78 is 11.6. The van der Waals surface area contributed by atoms with Crippen LogP contribution in [0.15, 0.2) is 36.4 Å². The van der Waals surface area contributed by atoms with Crippen LogP contribution in [0.4, 0.5) is 0 Å². The molecule has 3 heteroatoms. The van der Waals surface area contributed by atoms with Crippen molar-refractivity contribution in [3.63, 3.8) is 0 Å². The van der Waals surface area contributed by atoms with Gasteiger partial charge < -0.3 is 14.6 Å². The fraction of sp³-hybridized carbons (Fsp3) is 0.412. The summed E-state index contributed by atoms with van der Waals surface area (Å²) in [5.74, 6) is 0.706. The molecule has 1 N–H and O–H groups in total. The largest absolute Gasteiger partial charge is 0.504 e. The molecule has 0 aliphatic carbocycles. The average molecular weight is 272 g/mol. The van der Waals surface area contributed by atoms with E-state index in [-0.39, 0.29) is 17.5 Å². The van der Waals surface area contributed by atoms with Gasteiger partial charge in [-0.05, 0) is 49.6 Å². The van der Waals surface area contributed by atoms with Gasteiger partial charge in [0, 0.05) is 0 Å². The molecule has 1 atom stereocenters. The highest BCUT2D eigenvalue weighted by molar-refractivity contribution is 5.85. The Hall–Kier alpha value is -1.74. The van der Waals surface area contributed by atoms with E-state index in [0.29, 0.717) is 12.4 Å². The maximum absolute atomic E-state index is 10.0. The third-order valence-corrected chi connectivity index (χ3v) is 3.81. The van der Waals surface area contributed by atoms with E-state index in [4.69, 9.17) is 9.47 Å².